The predicted octanol–water partition coefficient (Wildman–Crippen LogP) is 2.37. The molecule has 24 heavy (non-hydrogen) atoms. The number of carbonyl (C=O) groups is 1. The first-order valence-electron chi connectivity index (χ1n) is 8.34. The molecule has 5 heteroatoms. The van der Waals surface area contributed by atoms with E-state index in [2.05, 4.69) is 14.8 Å². The highest BCUT2D eigenvalue weighted by Crippen LogP contribution is 2.12. The topological polar surface area (TPSA) is 45.7 Å². The monoisotopic (exact) mass is 325 g/mol. The van der Waals surface area contributed by atoms with E-state index in [4.69, 9.17) is 4.74 Å². The first-order chi connectivity index (χ1) is 11.7. The van der Waals surface area contributed by atoms with Crippen LogP contribution in [0.3, 0.4) is 0 Å². The van der Waals surface area contributed by atoms with Crippen molar-refractivity contribution in [1.29, 1.82) is 0 Å². The van der Waals surface area contributed by atoms with E-state index < -0.39 is 0 Å². The number of pyridine rings is 1. The smallest absolute Gasteiger partial charge is 0.338 e. The molecule has 0 radical (unpaired) electrons. The van der Waals surface area contributed by atoms with Crippen LogP contribution in [-0.4, -0.2) is 55.2 Å². The Kier molecular flexibility index (Phi) is 5.43. The molecule has 1 fully saturated rings. The van der Waals surface area contributed by atoms with Gasteiger partial charge in [-0.05, 0) is 31.2 Å². The minimum Gasteiger partial charge on any atom is -0.461 e. The Morgan fingerprint density at radius 1 is 1.08 bits per heavy atom. The number of benzene rings is 1. The zero-order valence-corrected chi connectivity index (χ0v) is 14.0. The van der Waals surface area contributed by atoms with Crippen LogP contribution in [0.5, 0.6) is 0 Å². The first kappa shape index (κ1) is 16.5. The van der Waals surface area contributed by atoms with Crippen LogP contribution in [0.25, 0.3) is 0 Å². The number of aryl methyl sites for hydroxylation is 1. The van der Waals surface area contributed by atoms with Gasteiger partial charge >= 0.3 is 5.97 Å². The minimum atomic E-state index is -0.248. The molecule has 126 valence electrons. The van der Waals surface area contributed by atoms with Gasteiger partial charge in [-0.15, -0.1) is 0 Å². The normalized spacial score (nSPS) is 15.3. The Balaban J connectivity index is 1.39. The lowest BCUT2D eigenvalue weighted by Crippen LogP contribution is -2.47. The van der Waals surface area contributed by atoms with Crippen LogP contribution in [0.4, 0.5) is 5.82 Å². The maximum absolute atomic E-state index is 12.0. The Bertz CT molecular complexity index is 650. The zero-order valence-electron chi connectivity index (χ0n) is 14.0. The number of hydrogen-bond acceptors (Lipinski definition) is 5. The molecule has 2 heterocycles. The summed E-state index contributed by atoms with van der Waals surface area (Å²) in [7, 11) is 0. The largest absolute Gasteiger partial charge is 0.461 e. The third-order valence-electron chi connectivity index (χ3n) is 4.27. The summed E-state index contributed by atoms with van der Waals surface area (Å²) in [5.41, 5.74) is 1.75. The Hall–Kier alpha value is -2.40. The molecule has 0 N–H and O–H groups in total. The SMILES string of the molecule is Cc1ccc(C(=O)OCCN2CCN(c3ccccn3)CC2)cc1. The second-order valence-corrected chi connectivity index (χ2v) is 6.02. The van der Waals surface area contributed by atoms with Crippen molar-refractivity contribution in [3.8, 4) is 0 Å². The minimum absolute atomic E-state index is 0.248. The van der Waals surface area contributed by atoms with Crippen molar-refractivity contribution in [3.05, 3.63) is 59.8 Å². The molecule has 1 saturated heterocycles. The summed E-state index contributed by atoms with van der Waals surface area (Å²) in [5, 5.41) is 0. The third kappa shape index (κ3) is 4.32. The number of ether oxygens (including phenoxy) is 1. The van der Waals surface area contributed by atoms with Crippen LogP contribution in [0.2, 0.25) is 0 Å². The third-order valence-corrected chi connectivity index (χ3v) is 4.27. The molecular formula is C19H23N3O2. The van der Waals surface area contributed by atoms with E-state index in [-0.39, 0.29) is 5.97 Å². The summed E-state index contributed by atoms with van der Waals surface area (Å²) < 4.78 is 5.38. The summed E-state index contributed by atoms with van der Waals surface area (Å²) in [6.07, 6.45) is 1.83. The quantitative estimate of drug-likeness (QED) is 0.790. The second-order valence-electron chi connectivity index (χ2n) is 6.02. The van der Waals surface area contributed by atoms with Gasteiger partial charge in [0.15, 0.2) is 0 Å². The fourth-order valence-electron chi connectivity index (χ4n) is 2.78. The zero-order chi connectivity index (χ0) is 16.8. The van der Waals surface area contributed by atoms with Gasteiger partial charge in [-0.2, -0.15) is 0 Å². The van der Waals surface area contributed by atoms with Gasteiger partial charge in [-0.1, -0.05) is 23.8 Å². The number of nitrogens with zero attached hydrogens (tertiary/aromatic N) is 3. The fraction of sp³-hybridized carbons (Fsp3) is 0.368. The Labute approximate surface area is 142 Å². The molecule has 0 bridgehead atoms. The summed E-state index contributed by atoms with van der Waals surface area (Å²) >= 11 is 0. The molecule has 5 nitrogen and oxygen atoms in total. The molecule has 1 aliphatic rings. The molecular weight excluding hydrogens is 302 g/mol. The Morgan fingerprint density at radius 3 is 2.50 bits per heavy atom. The van der Waals surface area contributed by atoms with Crippen LogP contribution in [0.1, 0.15) is 15.9 Å². The van der Waals surface area contributed by atoms with Gasteiger partial charge in [0.05, 0.1) is 5.56 Å². The second kappa shape index (κ2) is 7.93. The van der Waals surface area contributed by atoms with Gasteiger partial charge < -0.3 is 9.64 Å². The van der Waals surface area contributed by atoms with Crippen LogP contribution in [-0.2, 0) is 4.74 Å². The lowest BCUT2D eigenvalue weighted by molar-refractivity contribution is 0.0459. The van der Waals surface area contributed by atoms with Crippen molar-refractivity contribution in [3.63, 3.8) is 0 Å². The van der Waals surface area contributed by atoms with E-state index in [9.17, 15) is 4.79 Å². The number of carbonyl (C=O) groups excluding carboxylic acids is 1. The Morgan fingerprint density at radius 2 is 1.83 bits per heavy atom. The molecule has 0 saturated carbocycles. The number of hydrogen-bond donors (Lipinski definition) is 0. The van der Waals surface area contributed by atoms with Gasteiger partial charge in [0, 0.05) is 38.9 Å². The van der Waals surface area contributed by atoms with Gasteiger partial charge in [0.1, 0.15) is 12.4 Å². The van der Waals surface area contributed by atoms with E-state index in [1.807, 2.05) is 55.6 Å². The van der Waals surface area contributed by atoms with E-state index in [0.717, 1.165) is 44.1 Å². The lowest BCUT2D eigenvalue weighted by Gasteiger charge is -2.35. The van der Waals surface area contributed by atoms with Crippen molar-refractivity contribution in [2.45, 2.75) is 6.92 Å². The lowest BCUT2D eigenvalue weighted by atomic mass is 10.1. The summed E-state index contributed by atoms with van der Waals surface area (Å²) in [6, 6.07) is 13.5. The van der Waals surface area contributed by atoms with Crippen molar-refractivity contribution in [2.24, 2.45) is 0 Å². The molecule has 1 aromatic heterocycles. The maximum Gasteiger partial charge on any atom is 0.338 e. The fourth-order valence-corrected chi connectivity index (χ4v) is 2.78. The van der Waals surface area contributed by atoms with Crippen LogP contribution in [0.15, 0.2) is 48.7 Å². The van der Waals surface area contributed by atoms with E-state index >= 15 is 0 Å². The van der Waals surface area contributed by atoms with Crippen LogP contribution >= 0.6 is 0 Å². The van der Waals surface area contributed by atoms with Gasteiger partial charge in [-0.3, -0.25) is 4.90 Å². The summed E-state index contributed by atoms with van der Waals surface area (Å²) in [4.78, 5) is 21.0. The molecule has 3 rings (SSSR count). The van der Waals surface area contributed by atoms with Crippen LogP contribution in [0, 0.1) is 6.92 Å². The first-order valence-corrected chi connectivity index (χ1v) is 8.34. The highest BCUT2D eigenvalue weighted by Gasteiger charge is 2.18. The number of anilines is 1. The average Bonchev–Trinajstić information content (AvgIpc) is 2.63. The van der Waals surface area contributed by atoms with Crippen LogP contribution < -0.4 is 4.90 Å². The number of aromatic nitrogens is 1. The van der Waals surface area contributed by atoms with Crippen molar-refractivity contribution in [1.82, 2.24) is 9.88 Å². The number of piperazine rings is 1. The van der Waals surface area contributed by atoms with Gasteiger partial charge in [0.25, 0.3) is 0 Å². The molecule has 2 aromatic rings. The maximum atomic E-state index is 12.0. The predicted molar refractivity (Wildman–Crippen MR) is 94.4 cm³/mol. The van der Waals surface area contributed by atoms with E-state index in [1.165, 1.54) is 0 Å². The summed E-state index contributed by atoms with van der Waals surface area (Å²) in [6.45, 7) is 7.01. The van der Waals surface area contributed by atoms with Crippen molar-refractivity contribution in [2.75, 3.05) is 44.2 Å². The molecule has 0 spiro atoms. The van der Waals surface area contributed by atoms with E-state index in [0.29, 0.717) is 12.2 Å². The van der Waals surface area contributed by atoms with Crippen molar-refractivity contribution >= 4 is 11.8 Å². The van der Waals surface area contributed by atoms with Gasteiger partial charge in [0.2, 0.25) is 0 Å². The highest BCUT2D eigenvalue weighted by atomic mass is 16.5. The number of rotatable bonds is 5. The standard InChI is InChI=1S/C19H23N3O2/c1-16-5-7-17(8-6-16)19(23)24-15-14-21-10-12-22(13-11-21)18-4-2-3-9-20-18/h2-9H,10-15H2,1H3. The number of esters is 1. The molecule has 0 amide bonds. The molecule has 1 aliphatic heterocycles. The molecule has 0 aliphatic carbocycles. The molecule has 0 unspecified atom stereocenters. The molecule has 1 aromatic carbocycles. The highest BCUT2D eigenvalue weighted by molar-refractivity contribution is 5.89. The van der Waals surface area contributed by atoms with Gasteiger partial charge in [-0.25, -0.2) is 9.78 Å². The average molecular weight is 325 g/mol. The summed E-state index contributed by atoms with van der Waals surface area (Å²) in [5.74, 6) is 0.782. The molecule has 0 atom stereocenters. The van der Waals surface area contributed by atoms with Crippen molar-refractivity contribution < 1.29 is 9.53 Å². The van der Waals surface area contributed by atoms with E-state index in [1.54, 1.807) is 0 Å².